The highest BCUT2D eigenvalue weighted by Crippen LogP contribution is 2.18. The molecular formula is C11H14BrClN2O2. The number of nitrogens with zero attached hydrogens (tertiary/aromatic N) is 1. The van der Waals surface area contributed by atoms with Gasteiger partial charge in [-0.15, -0.1) is 0 Å². The summed E-state index contributed by atoms with van der Waals surface area (Å²) < 4.78 is 5.73. The predicted molar refractivity (Wildman–Crippen MR) is 70.4 cm³/mol. The lowest BCUT2D eigenvalue weighted by atomic mass is 10.2. The Labute approximate surface area is 114 Å². The van der Waals surface area contributed by atoms with Crippen molar-refractivity contribution < 1.29 is 9.53 Å². The molecular weight excluding hydrogens is 307 g/mol. The average Bonchev–Trinajstić information content (AvgIpc) is 2.31. The fourth-order valence-electron chi connectivity index (χ4n) is 1.31. The molecule has 1 aromatic rings. The molecule has 1 rings (SSSR count). The van der Waals surface area contributed by atoms with Gasteiger partial charge in [-0.2, -0.15) is 0 Å². The van der Waals surface area contributed by atoms with Crippen LogP contribution in [0.3, 0.4) is 0 Å². The fraction of sp³-hybridized carbons (Fsp3) is 0.455. The highest BCUT2D eigenvalue weighted by Gasteiger charge is 2.15. The van der Waals surface area contributed by atoms with Gasteiger partial charge in [-0.25, -0.2) is 4.98 Å². The van der Waals surface area contributed by atoms with Gasteiger partial charge < -0.3 is 10.1 Å². The van der Waals surface area contributed by atoms with Gasteiger partial charge in [-0.3, -0.25) is 4.79 Å². The first-order valence-electron chi connectivity index (χ1n) is 5.19. The molecule has 0 aliphatic rings. The Kier molecular flexibility index (Phi) is 5.88. The third kappa shape index (κ3) is 4.26. The molecule has 1 heterocycles. The van der Waals surface area contributed by atoms with E-state index in [9.17, 15) is 4.79 Å². The highest BCUT2D eigenvalue weighted by molar-refractivity contribution is 9.10. The van der Waals surface area contributed by atoms with Crippen molar-refractivity contribution in [3.05, 3.63) is 27.5 Å². The van der Waals surface area contributed by atoms with E-state index >= 15 is 0 Å². The zero-order chi connectivity index (χ0) is 12.8. The summed E-state index contributed by atoms with van der Waals surface area (Å²) >= 11 is 9.12. The van der Waals surface area contributed by atoms with Gasteiger partial charge in [0.25, 0.3) is 5.91 Å². The molecule has 0 fully saturated rings. The van der Waals surface area contributed by atoms with Crippen LogP contribution in [0.25, 0.3) is 0 Å². The molecule has 0 spiro atoms. The van der Waals surface area contributed by atoms with Crippen LogP contribution >= 0.6 is 27.5 Å². The Bertz CT molecular complexity index is 401. The van der Waals surface area contributed by atoms with E-state index in [1.54, 1.807) is 19.4 Å². The van der Waals surface area contributed by atoms with E-state index in [1.165, 1.54) is 0 Å². The van der Waals surface area contributed by atoms with E-state index in [0.29, 0.717) is 16.6 Å². The summed E-state index contributed by atoms with van der Waals surface area (Å²) in [4.78, 5) is 15.9. The van der Waals surface area contributed by atoms with E-state index in [0.717, 1.165) is 6.42 Å². The molecule has 17 heavy (non-hydrogen) atoms. The Hall–Kier alpha value is -0.650. The lowest BCUT2D eigenvalue weighted by molar-refractivity contribution is 0.0894. The van der Waals surface area contributed by atoms with Crippen LogP contribution in [-0.4, -0.2) is 30.6 Å². The monoisotopic (exact) mass is 320 g/mol. The summed E-state index contributed by atoms with van der Waals surface area (Å²) in [5, 5.41) is 3.04. The first-order chi connectivity index (χ1) is 8.08. The normalized spacial score (nSPS) is 12.2. The SMILES string of the molecule is CC[C@H](COC)NC(=O)c1cc(Br)cnc1Cl. The van der Waals surface area contributed by atoms with Crippen LogP contribution in [0.15, 0.2) is 16.7 Å². The third-order valence-electron chi connectivity index (χ3n) is 2.25. The molecule has 1 N–H and O–H groups in total. The number of halogens is 2. The second kappa shape index (κ2) is 6.93. The number of pyridine rings is 1. The maximum atomic E-state index is 11.9. The van der Waals surface area contributed by atoms with Crippen molar-refractivity contribution in [3.63, 3.8) is 0 Å². The zero-order valence-electron chi connectivity index (χ0n) is 9.67. The first-order valence-corrected chi connectivity index (χ1v) is 6.36. The molecule has 0 aliphatic carbocycles. The second-order valence-electron chi connectivity index (χ2n) is 3.53. The maximum Gasteiger partial charge on any atom is 0.254 e. The topological polar surface area (TPSA) is 51.2 Å². The van der Waals surface area contributed by atoms with Gasteiger partial charge in [-0.1, -0.05) is 18.5 Å². The Morgan fingerprint density at radius 1 is 1.71 bits per heavy atom. The number of carbonyl (C=O) groups is 1. The van der Waals surface area contributed by atoms with Crippen molar-refractivity contribution in [2.75, 3.05) is 13.7 Å². The van der Waals surface area contributed by atoms with Crippen LogP contribution in [0, 0.1) is 0 Å². The van der Waals surface area contributed by atoms with Crippen LogP contribution in [0.1, 0.15) is 23.7 Å². The lowest BCUT2D eigenvalue weighted by Gasteiger charge is -2.16. The quantitative estimate of drug-likeness (QED) is 0.848. The minimum Gasteiger partial charge on any atom is -0.383 e. The lowest BCUT2D eigenvalue weighted by Crippen LogP contribution is -2.37. The zero-order valence-corrected chi connectivity index (χ0v) is 12.0. The van der Waals surface area contributed by atoms with Gasteiger partial charge >= 0.3 is 0 Å². The van der Waals surface area contributed by atoms with Crippen LogP contribution in [0.5, 0.6) is 0 Å². The molecule has 0 radical (unpaired) electrons. The van der Waals surface area contributed by atoms with E-state index in [2.05, 4.69) is 26.2 Å². The van der Waals surface area contributed by atoms with Crippen LogP contribution in [0.4, 0.5) is 0 Å². The van der Waals surface area contributed by atoms with Crippen molar-refractivity contribution in [2.45, 2.75) is 19.4 Å². The molecule has 0 aromatic carbocycles. The molecule has 0 unspecified atom stereocenters. The summed E-state index contributed by atoms with van der Waals surface area (Å²) in [5.74, 6) is -0.243. The number of ether oxygens (including phenoxy) is 1. The minimum absolute atomic E-state index is 0.0254. The van der Waals surface area contributed by atoms with Gasteiger partial charge in [0.05, 0.1) is 18.2 Å². The van der Waals surface area contributed by atoms with Gasteiger partial charge in [0.2, 0.25) is 0 Å². The average molecular weight is 322 g/mol. The molecule has 1 atom stereocenters. The van der Waals surface area contributed by atoms with Crippen molar-refractivity contribution in [3.8, 4) is 0 Å². The summed E-state index contributed by atoms with van der Waals surface area (Å²) in [6.45, 7) is 2.45. The summed E-state index contributed by atoms with van der Waals surface area (Å²) in [6, 6.07) is 1.62. The molecule has 0 aliphatic heterocycles. The molecule has 4 nitrogen and oxygen atoms in total. The van der Waals surface area contributed by atoms with Crippen molar-refractivity contribution in [2.24, 2.45) is 0 Å². The second-order valence-corrected chi connectivity index (χ2v) is 4.80. The molecule has 1 aromatic heterocycles. The summed E-state index contributed by atoms with van der Waals surface area (Å²) in [7, 11) is 1.60. The number of hydrogen-bond acceptors (Lipinski definition) is 3. The number of nitrogens with one attached hydrogen (secondary N) is 1. The van der Waals surface area contributed by atoms with E-state index in [1.807, 2.05) is 6.92 Å². The number of rotatable bonds is 5. The van der Waals surface area contributed by atoms with Crippen LogP contribution < -0.4 is 5.32 Å². The van der Waals surface area contributed by atoms with Crippen molar-refractivity contribution in [1.82, 2.24) is 10.3 Å². The molecule has 1 amide bonds. The molecule has 94 valence electrons. The molecule has 0 saturated carbocycles. The number of amides is 1. The predicted octanol–water partition coefficient (Wildman–Crippen LogP) is 2.65. The van der Waals surface area contributed by atoms with Gasteiger partial charge in [-0.05, 0) is 28.4 Å². The maximum absolute atomic E-state index is 11.9. The number of aromatic nitrogens is 1. The third-order valence-corrected chi connectivity index (χ3v) is 2.98. The van der Waals surface area contributed by atoms with Crippen LogP contribution in [-0.2, 0) is 4.74 Å². The van der Waals surface area contributed by atoms with Crippen molar-refractivity contribution in [1.29, 1.82) is 0 Å². The fourth-order valence-corrected chi connectivity index (χ4v) is 1.83. The Morgan fingerprint density at radius 2 is 2.41 bits per heavy atom. The van der Waals surface area contributed by atoms with E-state index in [4.69, 9.17) is 16.3 Å². The van der Waals surface area contributed by atoms with Crippen LogP contribution in [0.2, 0.25) is 5.15 Å². The standard InChI is InChI=1S/C11H14BrClN2O2/c1-3-8(6-17-2)15-11(16)9-4-7(12)5-14-10(9)13/h4-5,8H,3,6H2,1-2H3,(H,15,16)/t8-/m1/s1. The van der Waals surface area contributed by atoms with E-state index in [-0.39, 0.29) is 17.1 Å². The smallest absolute Gasteiger partial charge is 0.254 e. The number of hydrogen-bond donors (Lipinski definition) is 1. The summed E-state index contributed by atoms with van der Waals surface area (Å²) in [5.41, 5.74) is 0.357. The minimum atomic E-state index is -0.243. The van der Waals surface area contributed by atoms with Gasteiger partial charge in [0.15, 0.2) is 0 Å². The molecule has 0 saturated heterocycles. The number of carbonyl (C=O) groups excluding carboxylic acids is 1. The van der Waals surface area contributed by atoms with E-state index < -0.39 is 0 Å². The van der Waals surface area contributed by atoms with Gasteiger partial charge in [0, 0.05) is 17.8 Å². The van der Waals surface area contributed by atoms with Gasteiger partial charge in [0.1, 0.15) is 5.15 Å². The molecule has 6 heteroatoms. The largest absolute Gasteiger partial charge is 0.383 e. The van der Waals surface area contributed by atoms with Crippen molar-refractivity contribution >= 4 is 33.4 Å². The Balaban J connectivity index is 2.78. The molecule has 0 bridgehead atoms. The Morgan fingerprint density at radius 3 is 3.00 bits per heavy atom. The summed E-state index contributed by atoms with van der Waals surface area (Å²) in [6.07, 6.45) is 2.34. The number of methoxy groups -OCH3 is 1. The first kappa shape index (κ1) is 14.4. The highest BCUT2D eigenvalue weighted by atomic mass is 79.9.